The number of aryl methyl sites for hydroxylation is 1. The molecular formula is C13H20N2O3S. The lowest BCUT2D eigenvalue weighted by Crippen LogP contribution is -2.20. The van der Waals surface area contributed by atoms with Crippen LogP contribution in [0.4, 0.5) is 5.00 Å². The van der Waals surface area contributed by atoms with Crippen LogP contribution in [0.15, 0.2) is 0 Å². The zero-order chi connectivity index (χ0) is 14.6. The van der Waals surface area contributed by atoms with Gasteiger partial charge in [-0.05, 0) is 31.9 Å². The summed E-state index contributed by atoms with van der Waals surface area (Å²) in [6.07, 6.45) is 0.340. The third kappa shape index (κ3) is 3.78. The quantitative estimate of drug-likeness (QED) is 0.811. The molecule has 0 saturated carbocycles. The van der Waals surface area contributed by atoms with Crippen LogP contribution in [0.3, 0.4) is 0 Å². The molecule has 106 valence electrons. The van der Waals surface area contributed by atoms with E-state index in [-0.39, 0.29) is 11.8 Å². The normalized spacial score (nSPS) is 12.1. The number of carbonyl (C=O) groups is 2. The van der Waals surface area contributed by atoms with E-state index in [0.29, 0.717) is 23.5 Å². The molecule has 0 fully saturated rings. The lowest BCUT2D eigenvalue weighted by atomic mass is 10.1. The number of hydrogen-bond acceptors (Lipinski definition) is 5. The van der Waals surface area contributed by atoms with Crippen LogP contribution in [0, 0.1) is 19.8 Å². The Kier molecular flexibility index (Phi) is 5.50. The van der Waals surface area contributed by atoms with Crippen LogP contribution >= 0.6 is 11.3 Å². The Morgan fingerprint density at radius 3 is 2.58 bits per heavy atom. The Hall–Kier alpha value is -1.40. The third-order valence-electron chi connectivity index (χ3n) is 2.96. The van der Waals surface area contributed by atoms with E-state index in [1.54, 1.807) is 0 Å². The summed E-state index contributed by atoms with van der Waals surface area (Å²) in [6.45, 7) is 6.12. The maximum absolute atomic E-state index is 11.9. The lowest BCUT2D eigenvalue weighted by Gasteiger charge is -2.09. The second kappa shape index (κ2) is 6.68. The number of nitrogens with two attached hydrogens (primary N) is 1. The maximum Gasteiger partial charge on any atom is 0.341 e. The molecule has 0 aromatic carbocycles. The van der Waals surface area contributed by atoms with Crippen LogP contribution in [0.5, 0.6) is 0 Å². The van der Waals surface area contributed by atoms with Gasteiger partial charge in [-0.1, -0.05) is 6.92 Å². The fraction of sp³-hybridized carbons (Fsp3) is 0.538. The Morgan fingerprint density at radius 2 is 2.05 bits per heavy atom. The second-order valence-corrected chi connectivity index (χ2v) is 5.80. The summed E-state index contributed by atoms with van der Waals surface area (Å²) in [6, 6.07) is 0. The first-order valence-electron chi connectivity index (χ1n) is 6.08. The van der Waals surface area contributed by atoms with Crippen molar-refractivity contribution < 1.29 is 14.3 Å². The van der Waals surface area contributed by atoms with Crippen molar-refractivity contribution in [1.82, 2.24) is 0 Å². The maximum atomic E-state index is 11.9. The van der Waals surface area contributed by atoms with E-state index in [2.05, 4.69) is 5.32 Å². The molecule has 1 rings (SSSR count). The molecule has 1 unspecified atom stereocenters. The van der Waals surface area contributed by atoms with Crippen molar-refractivity contribution in [2.75, 3.05) is 19.0 Å². The summed E-state index contributed by atoms with van der Waals surface area (Å²) >= 11 is 1.38. The van der Waals surface area contributed by atoms with Gasteiger partial charge in [0.25, 0.3) is 0 Å². The van der Waals surface area contributed by atoms with Gasteiger partial charge in [-0.25, -0.2) is 4.79 Å². The average molecular weight is 284 g/mol. The first kappa shape index (κ1) is 15.7. The molecule has 1 aromatic rings. The molecule has 1 heterocycles. The van der Waals surface area contributed by atoms with E-state index in [4.69, 9.17) is 10.5 Å². The van der Waals surface area contributed by atoms with Gasteiger partial charge in [0.15, 0.2) is 0 Å². The van der Waals surface area contributed by atoms with Crippen molar-refractivity contribution in [3.8, 4) is 0 Å². The number of ether oxygens (including phenoxy) is 1. The number of hydrogen-bond donors (Lipinski definition) is 2. The van der Waals surface area contributed by atoms with E-state index in [1.807, 2.05) is 20.8 Å². The lowest BCUT2D eigenvalue weighted by molar-refractivity contribution is -0.116. The molecule has 0 aliphatic heterocycles. The minimum Gasteiger partial charge on any atom is -0.465 e. The van der Waals surface area contributed by atoms with Crippen LogP contribution < -0.4 is 11.1 Å². The van der Waals surface area contributed by atoms with Crippen LogP contribution in [-0.4, -0.2) is 25.5 Å². The molecule has 0 spiro atoms. The minimum atomic E-state index is -0.427. The van der Waals surface area contributed by atoms with Crippen molar-refractivity contribution in [2.24, 2.45) is 11.7 Å². The van der Waals surface area contributed by atoms with Gasteiger partial charge in [-0.15, -0.1) is 11.3 Å². The topological polar surface area (TPSA) is 81.4 Å². The number of carbonyl (C=O) groups excluding carboxylic acids is 2. The van der Waals surface area contributed by atoms with Gasteiger partial charge in [0.1, 0.15) is 5.00 Å². The Bertz CT molecular complexity index is 482. The van der Waals surface area contributed by atoms with Gasteiger partial charge < -0.3 is 15.8 Å². The molecule has 1 amide bonds. The van der Waals surface area contributed by atoms with Crippen molar-refractivity contribution in [3.05, 3.63) is 16.0 Å². The van der Waals surface area contributed by atoms with E-state index in [1.165, 1.54) is 18.4 Å². The molecule has 5 nitrogen and oxygen atoms in total. The van der Waals surface area contributed by atoms with Crippen LogP contribution in [0.25, 0.3) is 0 Å². The number of methoxy groups -OCH3 is 1. The van der Waals surface area contributed by atoms with E-state index >= 15 is 0 Å². The number of rotatable bonds is 5. The van der Waals surface area contributed by atoms with Gasteiger partial charge in [-0.3, -0.25) is 4.79 Å². The number of amides is 1. The van der Waals surface area contributed by atoms with Gasteiger partial charge >= 0.3 is 5.97 Å². The molecule has 0 aliphatic rings. The zero-order valence-corrected chi connectivity index (χ0v) is 12.5. The zero-order valence-electron chi connectivity index (χ0n) is 11.7. The highest BCUT2D eigenvalue weighted by atomic mass is 32.1. The van der Waals surface area contributed by atoms with Crippen molar-refractivity contribution in [2.45, 2.75) is 27.2 Å². The predicted molar refractivity (Wildman–Crippen MR) is 76.6 cm³/mol. The van der Waals surface area contributed by atoms with Crippen molar-refractivity contribution in [1.29, 1.82) is 0 Å². The SMILES string of the molecule is COC(=O)c1c(NC(=O)CC(C)CN)sc(C)c1C. The molecule has 1 aromatic heterocycles. The highest BCUT2D eigenvalue weighted by Crippen LogP contribution is 2.33. The van der Waals surface area contributed by atoms with E-state index in [0.717, 1.165) is 10.4 Å². The van der Waals surface area contributed by atoms with Crippen molar-refractivity contribution >= 4 is 28.2 Å². The highest BCUT2D eigenvalue weighted by molar-refractivity contribution is 7.16. The summed E-state index contributed by atoms with van der Waals surface area (Å²) < 4.78 is 4.75. The Balaban J connectivity index is 2.92. The molecule has 0 aliphatic carbocycles. The number of anilines is 1. The van der Waals surface area contributed by atoms with Gasteiger partial charge in [0, 0.05) is 11.3 Å². The Labute approximate surface area is 117 Å². The predicted octanol–water partition coefficient (Wildman–Crippen LogP) is 2.07. The summed E-state index contributed by atoms with van der Waals surface area (Å²) in [5, 5.41) is 3.33. The van der Waals surface area contributed by atoms with Crippen LogP contribution in [0.1, 0.15) is 34.1 Å². The fourth-order valence-electron chi connectivity index (χ4n) is 1.64. The third-order valence-corrected chi connectivity index (χ3v) is 4.09. The molecule has 19 heavy (non-hydrogen) atoms. The first-order chi connectivity index (χ1) is 8.90. The largest absolute Gasteiger partial charge is 0.465 e. The minimum absolute atomic E-state index is 0.115. The van der Waals surface area contributed by atoms with E-state index < -0.39 is 5.97 Å². The summed E-state index contributed by atoms with van der Waals surface area (Å²) in [5.74, 6) is -0.447. The van der Waals surface area contributed by atoms with Gasteiger partial charge in [0.2, 0.25) is 5.91 Å². The second-order valence-electron chi connectivity index (χ2n) is 4.57. The molecule has 3 N–H and O–H groups in total. The smallest absolute Gasteiger partial charge is 0.341 e. The van der Waals surface area contributed by atoms with Crippen LogP contribution in [-0.2, 0) is 9.53 Å². The summed E-state index contributed by atoms with van der Waals surface area (Å²) in [7, 11) is 1.33. The molecule has 0 bridgehead atoms. The molecule has 1 atom stereocenters. The average Bonchev–Trinajstić information content (AvgIpc) is 2.63. The number of nitrogens with one attached hydrogen (secondary N) is 1. The molecule has 6 heteroatoms. The number of thiophene rings is 1. The monoisotopic (exact) mass is 284 g/mol. The van der Waals surface area contributed by atoms with Gasteiger partial charge in [-0.2, -0.15) is 0 Å². The Morgan fingerprint density at radius 1 is 1.42 bits per heavy atom. The summed E-state index contributed by atoms with van der Waals surface area (Å²) in [4.78, 5) is 24.6. The van der Waals surface area contributed by atoms with E-state index in [9.17, 15) is 9.59 Å². The van der Waals surface area contributed by atoms with Crippen LogP contribution in [0.2, 0.25) is 0 Å². The molecule has 0 radical (unpaired) electrons. The first-order valence-corrected chi connectivity index (χ1v) is 6.90. The standard InChI is InChI=1S/C13H20N2O3S/c1-7(6-14)5-10(16)15-12-11(13(17)18-4)8(2)9(3)19-12/h7H,5-6,14H2,1-4H3,(H,15,16). The summed E-state index contributed by atoms with van der Waals surface area (Å²) in [5.41, 5.74) is 6.78. The highest BCUT2D eigenvalue weighted by Gasteiger charge is 2.21. The molecule has 0 saturated heterocycles. The number of esters is 1. The molecular weight excluding hydrogens is 264 g/mol. The van der Waals surface area contributed by atoms with Crippen molar-refractivity contribution in [3.63, 3.8) is 0 Å². The fourth-order valence-corrected chi connectivity index (χ4v) is 2.71. The van der Waals surface area contributed by atoms with Gasteiger partial charge in [0.05, 0.1) is 12.7 Å².